The third-order valence-electron chi connectivity index (χ3n) is 4.79. The molecule has 3 rings (SSSR count). The van der Waals surface area contributed by atoms with Gasteiger partial charge in [0.2, 0.25) is 11.8 Å². The van der Waals surface area contributed by atoms with Crippen molar-refractivity contribution < 1.29 is 23.9 Å². The molecule has 128 valence electrons. The van der Waals surface area contributed by atoms with Crippen molar-refractivity contribution in [3.63, 3.8) is 0 Å². The van der Waals surface area contributed by atoms with Crippen LogP contribution in [-0.4, -0.2) is 28.9 Å². The fourth-order valence-electron chi connectivity index (χ4n) is 3.46. The molecule has 0 radical (unpaired) electrons. The van der Waals surface area contributed by atoms with E-state index in [4.69, 9.17) is 5.11 Å². The zero-order valence-electron chi connectivity index (χ0n) is 13.0. The first-order valence-corrected chi connectivity index (χ1v) is 8.06. The van der Waals surface area contributed by atoms with Crippen LogP contribution in [0.15, 0.2) is 18.2 Å². The number of rotatable bonds is 3. The summed E-state index contributed by atoms with van der Waals surface area (Å²) in [6.07, 6.45) is 2.31. The predicted molar refractivity (Wildman–Crippen MR) is 83.9 cm³/mol. The van der Waals surface area contributed by atoms with Crippen LogP contribution in [-0.2, 0) is 14.4 Å². The van der Waals surface area contributed by atoms with E-state index in [0.29, 0.717) is 36.9 Å². The number of halogens is 1. The number of anilines is 1. The van der Waals surface area contributed by atoms with Crippen LogP contribution in [0.5, 0.6) is 0 Å². The highest BCUT2D eigenvalue weighted by Gasteiger charge is 2.33. The van der Waals surface area contributed by atoms with Gasteiger partial charge in [-0.1, -0.05) is 6.07 Å². The van der Waals surface area contributed by atoms with Gasteiger partial charge in [-0.3, -0.25) is 14.4 Å². The highest BCUT2D eigenvalue weighted by Crippen LogP contribution is 2.33. The summed E-state index contributed by atoms with van der Waals surface area (Å²) in [6.45, 7) is 0. The Labute approximate surface area is 138 Å². The van der Waals surface area contributed by atoms with Gasteiger partial charge in [-0.05, 0) is 43.4 Å². The van der Waals surface area contributed by atoms with Crippen molar-refractivity contribution in [1.82, 2.24) is 5.32 Å². The largest absolute Gasteiger partial charge is 0.481 e. The van der Waals surface area contributed by atoms with Crippen molar-refractivity contribution in [2.45, 2.75) is 44.1 Å². The van der Waals surface area contributed by atoms with Gasteiger partial charge in [0.1, 0.15) is 5.82 Å². The molecule has 1 atom stereocenters. The van der Waals surface area contributed by atoms with E-state index < -0.39 is 17.7 Å². The Morgan fingerprint density at radius 1 is 1.21 bits per heavy atom. The number of benzene rings is 1. The van der Waals surface area contributed by atoms with Gasteiger partial charge < -0.3 is 15.7 Å². The molecule has 0 spiro atoms. The van der Waals surface area contributed by atoms with Crippen LogP contribution in [0.2, 0.25) is 0 Å². The number of aliphatic carboxylic acids is 1. The van der Waals surface area contributed by atoms with E-state index in [2.05, 4.69) is 10.6 Å². The van der Waals surface area contributed by atoms with Gasteiger partial charge in [0.05, 0.1) is 11.8 Å². The SMILES string of the molecule is O=C1CC(C(=O)NC2CCC(C(=O)O)CC2)c2ccc(F)cc2N1. The molecule has 3 N–H and O–H groups in total. The minimum Gasteiger partial charge on any atom is -0.481 e. The summed E-state index contributed by atoms with van der Waals surface area (Å²) in [7, 11) is 0. The minimum absolute atomic E-state index is 0.0228. The number of amides is 2. The van der Waals surface area contributed by atoms with E-state index in [1.54, 1.807) is 0 Å². The lowest BCUT2D eigenvalue weighted by molar-refractivity contribution is -0.142. The number of hydrogen-bond acceptors (Lipinski definition) is 3. The highest BCUT2D eigenvalue weighted by molar-refractivity contribution is 6.01. The molecule has 0 saturated heterocycles. The van der Waals surface area contributed by atoms with E-state index in [1.165, 1.54) is 18.2 Å². The molecule has 1 aliphatic heterocycles. The molecule has 24 heavy (non-hydrogen) atoms. The predicted octanol–water partition coefficient (Wildman–Crippen LogP) is 2.01. The Hall–Kier alpha value is -2.44. The fourth-order valence-corrected chi connectivity index (χ4v) is 3.46. The van der Waals surface area contributed by atoms with Gasteiger partial charge in [0.25, 0.3) is 0 Å². The topological polar surface area (TPSA) is 95.5 Å². The normalized spacial score (nSPS) is 26.2. The van der Waals surface area contributed by atoms with E-state index in [9.17, 15) is 18.8 Å². The van der Waals surface area contributed by atoms with E-state index in [-0.39, 0.29) is 30.2 Å². The van der Waals surface area contributed by atoms with Gasteiger partial charge >= 0.3 is 5.97 Å². The lowest BCUT2D eigenvalue weighted by Gasteiger charge is -2.30. The molecule has 0 aromatic heterocycles. The number of hydrogen-bond donors (Lipinski definition) is 3. The maximum atomic E-state index is 13.3. The molecule has 1 fully saturated rings. The van der Waals surface area contributed by atoms with Gasteiger partial charge in [-0.15, -0.1) is 0 Å². The Kier molecular flexibility index (Phi) is 4.51. The first-order chi connectivity index (χ1) is 11.4. The Bertz CT molecular complexity index is 683. The van der Waals surface area contributed by atoms with Crippen molar-refractivity contribution >= 4 is 23.5 Å². The molecule has 1 heterocycles. The van der Waals surface area contributed by atoms with Crippen LogP contribution in [0, 0.1) is 11.7 Å². The lowest BCUT2D eigenvalue weighted by Crippen LogP contribution is -2.42. The van der Waals surface area contributed by atoms with E-state index >= 15 is 0 Å². The molecular weight excluding hydrogens is 315 g/mol. The average Bonchev–Trinajstić information content (AvgIpc) is 2.54. The van der Waals surface area contributed by atoms with Crippen molar-refractivity contribution in [3.05, 3.63) is 29.6 Å². The molecule has 1 aromatic carbocycles. The van der Waals surface area contributed by atoms with Crippen molar-refractivity contribution in [2.75, 3.05) is 5.32 Å². The van der Waals surface area contributed by atoms with Crippen LogP contribution in [0.1, 0.15) is 43.6 Å². The molecule has 6 nitrogen and oxygen atoms in total. The molecule has 1 unspecified atom stereocenters. The van der Waals surface area contributed by atoms with Gasteiger partial charge in [0.15, 0.2) is 0 Å². The zero-order chi connectivity index (χ0) is 17.3. The van der Waals surface area contributed by atoms with Gasteiger partial charge in [0, 0.05) is 18.2 Å². The van der Waals surface area contributed by atoms with Crippen LogP contribution in [0.3, 0.4) is 0 Å². The van der Waals surface area contributed by atoms with Crippen LogP contribution >= 0.6 is 0 Å². The average molecular weight is 334 g/mol. The fraction of sp³-hybridized carbons (Fsp3) is 0.471. The third kappa shape index (κ3) is 3.39. The summed E-state index contributed by atoms with van der Waals surface area (Å²) in [6, 6.07) is 3.93. The second kappa shape index (κ2) is 6.59. The number of carboxylic acid groups (broad SMARTS) is 1. The quantitative estimate of drug-likeness (QED) is 0.788. The second-order valence-electron chi connectivity index (χ2n) is 6.43. The Morgan fingerprint density at radius 3 is 2.58 bits per heavy atom. The summed E-state index contributed by atoms with van der Waals surface area (Å²) in [5.74, 6) is -2.84. The first kappa shape index (κ1) is 16.4. The molecule has 7 heteroatoms. The van der Waals surface area contributed by atoms with Crippen molar-refractivity contribution in [1.29, 1.82) is 0 Å². The number of carbonyl (C=O) groups is 3. The maximum Gasteiger partial charge on any atom is 0.306 e. The van der Waals surface area contributed by atoms with Gasteiger partial charge in [-0.2, -0.15) is 0 Å². The standard InChI is InChI=1S/C17H19FN2O4/c18-10-3-6-12-13(8-15(21)20-14(12)7-10)16(22)19-11-4-1-9(2-5-11)17(23)24/h3,6-7,9,11,13H,1-2,4-5,8H2,(H,19,22)(H,20,21)(H,23,24). The van der Waals surface area contributed by atoms with Crippen molar-refractivity contribution in [3.8, 4) is 0 Å². The number of carboxylic acids is 1. The molecule has 2 amide bonds. The molecule has 1 aliphatic carbocycles. The lowest BCUT2D eigenvalue weighted by atomic mass is 9.85. The highest BCUT2D eigenvalue weighted by atomic mass is 19.1. The smallest absolute Gasteiger partial charge is 0.306 e. The number of carbonyl (C=O) groups excluding carboxylic acids is 2. The molecule has 2 aliphatic rings. The second-order valence-corrected chi connectivity index (χ2v) is 6.43. The van der Waals surface area contributed by atoms with Crippen LogP contribution in [0.25, 0.3) is 0 Å². The van der Waals surface area contributed by atoms with Crippen molar-refractivity contribution in [2.24, 2.45) is 5.92 Å². The maximum absolute atomic E-state index is 13.3. The Balaban J connectivity index is 1.68. The molecule has 0 bridgehead atoms. The molecule has 1 saturated carbocycles. The molecular formula is C17H19FN2O4. The van der Waals surface area contributed by atoms with E-state index in [0.717, 1.165) is 0 Å². The summed E-state index contributed by atoms with van der Waals surface area (Å²) in [4.78, 5) is 35.3. The Morgan fingerprint density at radius 2 is 1.92 bits per heavy atom. The monoisotopic (exact) mass is 334 g/mol. The zero-order valence-corrected chi connectivity index (χ0v) is 13.0. The first-order valence-electron chi connectivity index (χ1n) is 8.06. The number of fused-ring (bicyclic) bond motifs is 1. The summed E-state index contributed by atoms with van der Waals surface area (Å²) in [5, 5.41) is 14.5. The van der Waals surface area contributed by atoms with Crippen LogP contribution in [0.4, 0.5) is 10.1 Å². The summed E-state index contributed by atoms with van der Waals surface area (Å²) >= 11 is 0. The van der Waals surface area contributed by atoms with E-state index in [1.807, 2.05) is 0 Å². The van der Waals surface area contributed by atoms with Gasteiger partial charge in [-0.25, -0.2) is 4.39 Å². The summed E-state index contributed by atoms with van der Waals surface area (Å²) < 4.78 is 13.3. The van der Waals surface area contributed by atoms with Crippen LogP contribution < -0.4 is 10.6 Å². The minimum atomic E-state index is -0.792. The summed E-state index contributed by atoms with van der Waals surface area (Å²) in [5.41, 5.74) is 0.939. The number of nitrogens with one attached hydrogen (secondary N) is 2. The third-order valence-corrected chi connectivity index (χ3v) is 4.79. The molecule has 1 aromatic rings.